The minimum absolute atomic E-state index is 0.0239. The predicted molar refractivity (Wildman–Crippen MR) is 117 cm³/mol. The summed E-state index contributed by atoms with van der Waals surface area (Å²) in [6, 6.07) is 12.8. The fourth-order valence-corrected chi connectivity index (χ4v) is 5.13. The molecule has 0 aliphatic carbocycles. The molecule has 0 bridgehead atoms. The molecule has 31 heavy (non-hydrogen) atoms. The van der Waals surface area contributed by atoms with Gasteiger partial charge < -0.3 is 4.90 Å². The fraction of sp³-hybridized carbons (Fsp3) is 0.238. The molecule has 0 amide bonds. The molecule has 2 aromatic carbocycles. The van der Waals surface area contributed by atoms with Crippen LogP contribution >= 0.6 is 11.6 Å². The minimum atomic E-state index is -3.82. The van der Waals surface area contributed by atoms with E-state index in [1.807, 2.05) is 11.0 Å². The molecule has 162 valence electrons. The van der Waals surface area contributed by atoms with E-state index in [0.29, 0.717) is 30.0 Å². The molecule has 0 N–H and O–H groups in total. The van der Waals surface area contributed by atoms with Gasteiger partial charge in [0.25, 0.3) is 5.56 Å². The van der Waals surface area contributed by atoms with Crippen molar-refractivity contribution in [3.63, 3.8) is 0 Å². The van der Waals surface area contributed by atoms with Gasteiger partial charge in [-0.2, -0.15) is 14.1 Å². The molecule has 1 fully saturated rings. The molecular weight excluding hydrogens is 443 g/mol. The van der Waals surface area contributed by atoms with Gasteiger partial charge in [0, 0.05) is 26.2 Å². The molecule has 10 heteroatoms. The van der Waals surface area contributed by atoms with Gasteiger partial charge in [0.15, 0.2) is 0 Å². The number of aryl methyl sites for hydroxylation is 1. The first-order valence-electron chi connectivity index (χ1n) is 9.63. The molecule has 1 aliphatic rings. The molecule has 1 saturated heterocycles. The Labute approximate surface area is 184 Å². The van der Waals surface area contributed by atoms with Crippen LogP contribution in [0.4, 0.5) is 10.1 Å². The number of piperazine rings is 1. The van der Waals surface area contributed by atoms with Crippen molar-refractivity contribution in [2.75, 3.05) is 31.1 Å². The SMILES string of the molecule is Cc1ccc(S(=O)(=O)N2CCN(c3cnn(-c4ccccc4)c(=O)c3Cl)CC2)cc1F. The maximum absolute atomic E-state index is 13.9. The topological polar surface area (TPSA) is 75.5 Å². The Morgan fingerprint density at radius 2 is 1.71 bits per heavy atom. The molecule has 0 radical (unpaired) electrons. The summed E-state index contributed by atoms with van der Waals surface area (Å²) in [4.78, 5) is 14.5. The Balaban J connectivity index is 1.53. The third-order valence-corrected chi connectivity index (χ3v) is 7.51. The number of benzene rings is 2. The second-order valence-electron chi connectivity index (χ2n) is 7.20. The Bertz CT molecular complexity index is 1270. The third kappa shape index (κ3) is 4.08. The molecule has 7 nitrogen and oxygen atoms in total. The van der Waals surface area contributed by atoms with Gasteiger partial charge in [-0.1, -0.05) is 35.9 Å². The summed E-state index contributed by atoms with van der Waals surface area (Å²) in [6.07, 6.45) is 1.51. The first kappa shape index (κ1) is 21.5. The lowest BCUT2D eigenvalue weighted by atomic mass is 10.2. The molecule has 3 aromatic rings. The Morgan fingerprint density at radius 1 is 1.03 bits per heavy atom. The van der Waals surface area contributed by atoms with Gasteiger partial charge in [0.2, 0.25) is 10.0 Å². The first-order valence-corrected chi connectivity index (χ1v) is 11.5. The molecule has 1 aromatic heterocycles. The van der Waals surface area contributed by atoms with E-state index in [9.17, 15) is 17.6 Å². The van der Waals surface area contributed by atoms with Crippen molar-refractivity contribution < 1.29 is 12.8 Å². The van der Waals surface area contributed by atoms with E-state index in [1.165, 1.54) is 27.3 Å². The van der Waals surface area contributed by atoms with Crippen LogP contribution in [0.3, 0.4) is 0 Å². The lowest BCUT2D eigenvalue weighted by Gasteiger charge is -2.35. The van der Waals surface area contributed by atoms with Gasteiger partial charge in [0.1, 0.15) is 10.8 Å². The van der Waals surface area contributed by atoms with Gasteiger partial charge >= 0.3 is 0 Å². The highest BCUT2D eigenvalue weighted by atomic mass is 35.5. The molecule has 1 aliphatic heterocycles. The number of hydrogen-bond donors (Lipinski definition) is 0. The summed E-state index contributed by atoms with van der Waals surface area (Å²) in [7, 11) is -3.82. The van der Waals surface area contributed by atoms with Gasteiger partial charge in [-0.3, -0.25) is 4.79 Å². The van der Waals surface area contributed by atoms with E-state index < -0.39 is 21.4 Å². The molecular formula is C21H20ClFN4O3S. The number of sulfonamides is 1. The molecule has 0 atom stereocenters. The summed E-state index contributed by atoms with van der Waals surface area (Å²) in [5.41, 5.74) is 0.992. The van der Waals surface area contributed by atoms with Crippen molar-refractivity contribution in [3.05, 3.63) is 81.5 Å². The Hall–Kier alpha value is -2.75. The largest absolute Gasteiger partial charge is 0.366 e. The van der Waals surface area contributed by atoms with E-state index >= 15 is 0 Å². The van der Waals surface area contributed by atoms with Crippen LogP contribution in [0.5, 0.6) is 0 Å². The van der Waals surface area contributed by atoms with E-state index in [4.69, 9.17) is 11.6 Å². The molecule has 4 rings (SSSR count). The highest BCUT2D eigenvalue weighted by Gasteiger charge is 2.30. The summed E-state index contributed by atoms with van der Waals surface area (Å²) in [5, 5.41) is 4.25. The highest BCUT2D eigenvalue weighted by Crippen LogP contribution is 2.25. The Kier molecular flexibility index (Phi) is 5.83. The van der Waals surface area contributed by atoms with Crippen molar-refractivity contribution in [1.29, 1.82) is 0 Å². The van der Waals surface area contributed by atoms with Gasteiger partial charge in [-0.15, -0.1) is 0 Å². The second-order valence-corrected chi connectivity index (χ2v) is 9.51. The van der Waals surface area contributed by atoms with Crippen LogP contribution in [0.15, 0.2) is 64.4 Å². The quantitative estimate of drug-likeness (QED) is 0.596. The highest BCUT2D eigenvalue weighted by molar-refractivity contribution is 7.89. The number of hydrogen-bond acceptors (Lipinski definition) is 5. The van der Waals surface area contributed by atoms with Crippen LogP contribution < -0.4 is 10.5 Å². The Morgan fingerprint density at radius 3 is 2.35 bits per heavy atom. The van der Waals surface area contributed by atoms with E-state index in [2.05, 4.69) is 5.10 Å². The number of halogens is 2. The number of para-hydroxylation sites is 1. The zero-order valence-electron chi connectivity index (χ0n) is 16.7. The lowest BCUT2D eigenvalue weighted by Crippen LogP contribution is -2.49. The van der Waals surface area contributed by atoms with Crippen LogP contribution in [-0.2, 0) is 10.0 Å². The van der Waals surface area contributed by atoms with Crippen molar-refractivity contribution in [3.8, 4) is 5.69 Å². The maximum atomic E-state index is 13.9. The van der Waals surface area contributed by atoms with Crippen LogP contribution in [0.25, 0.3) is 5.69 Å². The van der Waals surface area contributed by atoms with E-state index in [0.717, 1.165) is 6.07 Å². The molecule has 2 heterocycles. The monoisotopic (exact) mass is 462 g/mol. The summed E-state index contributed by atoms with van der Waals surface area (Å²) in [5.74, 6) is -0.559. The van der Waals surface area contributed by atoms with Crippen LogP contribution in [0.1, 0.15) is 5.56 Å². The maximum Gasteiger partial charge on any atom is 0.292 e. The smallest absolute Gasteiger partial charge is 0.292 e. The number of nitrogens with zero attached hydrogens (tertiary/aromatic N) is 4. The van der Waals surface area contributed by atoms with Crippen molar-refractivity contribution in [1.82, 2.24) is 14.1 Å². The van der Waals surface area contributed by atoms with Crippen LogP contribution in [-0.4, -0.2) is 48.7 Å². The summed E-state index contributed by atoms with van der Waals surface area (Å²) >= 11 is 6.35. The third-order valence-electron chi connectivity index (χ3n) is 5.26. The van der Waals surface area contributed by atoms with Gasteiger partial charge in [-0.05, 0) is 36.8 Å². The summed E-state index contributed by atoms with van der Waals surface area (Å²) < 4.78 is 42.1. The van der Waals surface area contributed by atoms with Crippen molar-refractivity contribution in [2.24, 2.45) is 0 Å². The fourth-order valence-electron chi connectivity index (χ4n) is 3.45. The number of aromatic nitrogens is 2. The predicted octanol–water partition coefficient (Wildman–Crippen LogP) is 2.84. The van der Waals surface area contributed by atoms with Crippen LogP contribution in [0, 0.1) is 12.7 Å². The number of rotatable bonds is 4. The van der Waals surface area contributed by atoms with Gasteiger partial charge in [-0.25, -0.2) is 12.8 Å². The number of anilines is 1. The molecule has 0 unspecified atom stereocenters. The zero-order chi connectivity index (χ0) is 22.2. The average molecular weight is 463 g/mol. The van der Waals surface area contributed by atoms with E-state index in [1.54, 1.807) is 31.2 Å². The zero-order valence-corrected chi connectivity index (χ0v) is 18.3. The standard InChI is InChI=1S/C21H20ClFN4O3S/c1-15-7-8-17(13-18(15)23)31(29,30)26-11-9-25(10-12-26)19-14-24-27(21(28)20(19)22)16-5-3-2-4-6-16/h2-8,13-14H,9-12H2,1H3. The van der Waals surface area contributed by atoms with E-state index in [-0.39, 0.29) is 23.0 Å². The van der Waals surface area contributed by atoms with Crippen molar-refractivity contribution >= 4 is 27.3 Å². The molecule has 0 spiro atoms. The van der Waals surface area contributed by atoms with Crippen molar-refractivity contribution in [2.45, 2.75) is 11.8 Å². The lowest BCUT2D eigenvalue weighted by molar-refractivity contribution is 0.384. The second kappa shape index (κ2) is 8.41. The molecule has 0 saturated carbocycles. The average Bonchev–Trinajstić information content (AvgIpc) is 2.78. The van der Waals surface area contributed by atoms with Crippen LogP contribution in [0.2, 0.25) is 5.02 Å². The normalized spacial score (nSPS) is 15.3. The van der Waals surface area contributed by atoms with Gasteiger partial charge in [0.05, 0.1) is 22.5 Å². The first-order chi connectivity index (χ1) is 14.8. The summed E-state index contributed by atoms with van der Waals surface area (Å²) in [6.45, 7) is 2.58. The minimum Gasteiger partial charge on any atom is -0.366 e.